The lowest BCUT2D eigenvalue weighted by Crippen LogP contribution is -2.10. The van der Waals surface area contributed by atoms with Crippen molar-refractivity contribution in [2.75, 3.05) is 10.6 Å². The van der Waals surface area contributed by atoms with Gasteiger partial charge in [-0.05, 0) is 55.5 Å². The number of carbonyl (C=O) groups excluding carboxylic acids is 2. The van der Waals surface area contributed by atoms with Gasteiger partial charge in [-0.15, -0.1) is 0 Å². The van der Waals surface area contributed by atoms with Crippen LogP contribution in [0.15, 0.2) is 85.3 Å². The van der Waals surface area contributed by atoms with Crippen LogP contribution in [0.5, 0.6) is 11.5 Å². The van der Waals surface area contributed by atoms with Crippen LogP contribution < -0.4 is 15.4 Å². The Labute approximate surface area is 184 Å². The van der Waals surface area contributed by atoms with Gasteiger partial charge in [-0.1, -0.05) is 18.2 Å². The van der Waals surface area contributed by atoms with Gasteiger partial charge in [0.25, 0.3) is 0 Å². The van der Waals surface area contributed by atoms with E-state index < -0.39 is 5.91 Å². The van der Waals surface area contributed by atoms with Gasteiger partial charge in [0.15, 0.2) is 5.78 Å². The number of nitrogens with zero attached hydrogens (tertiary/aromatic N) is 3. The second-order valence-corrected chi connectivity index (χ2v) is 6.81. The molecule has 2 aromatic heterocycles. The van der Waals surface area contributed by atoms with Crippen LogP contribution in [0.2, 0.25) is 0 Å². The predicted octanol–water partition coefficient (Wildman–Crippen LogP) is 4.64. The molecule has 4 aromatic rings. The highest BCUT2D eigenvalue weighted by atomic mass is 16.5. The maximum absolute atomic E-state index is 11.9. The first-order chi connectivity index (χ1) is 15.6. The van der Waals surface area contributed by atoms with Crippen molar-refractivity contribution in [2.45, 2.75) is 6.92 Å². The van der Waals surface area contributed by atoms with E-state index in [9.17, 15) is 9.59 Å². The lowest BCUT2D eigenvalue weighted by Gasteiger charge is -2.10. The van der Waals surface area contributed by atoms with Crippen LogP contribution in [0.3, 0.4) is 0 Å². The number of aromatic nitrogens is 3. The van der Waals surface area contributed by atoms with Crippen LogP contribution in [-0.4, -0.2) is 26.6 Å². The van der Waals surface area contributed by atoms with Crippen molar-refractivity contribution in [2.24, 2.45) is 0 Å². The molecule has 0 spiro atoms. The standard InChI is InChI=1S/C24H19N5O3/c1-16(30)7-12-23(31)29-22-13-20-21(14-25-22)26-15-27-24(20)28-17-8-10-19(11-9-17)32-18-5-3-2-4-6-18/h2-15H,1H3,(H,25,29,31)(H,26,27,28). The molecule has 0 bridgehead atoms. The summed E-state index contributed by atoms with van der Waals surface area (Å²) in [6, 6.07) is 18.7. The Hall–Kier alpha value is -4.59. The number of fused-ring (bicyclic) bond motifs is 1. The van der Waals surface area contributed by atoms with Gasteiger partial charge in [0, 0.05) is 17.1 Å². The molecule has 0 aliphatic heterocycles. The van der Waals surface area contributed by atoms with Crippen molar-refractivity contribution in [1.29, 1.82) is 0 Å². The largest absolute Gasteiger partial charge is 0.457 e. The van der Waals surface area contributed by atoms with E-state index in [1.54, 1.807) is 12.3 Å². The molecule has 0 fully saturated rings. The molecule has 32 heavy (non-hydrogen) atoms. The van der Waals surface area contributed by atoms with Crippen molar-refractivity contribution < 1.29 is 14.3 Å². The monoisotopic (exact) mass is 425 g/mol. The molecule has 0 radical (unpaired) electrons. The first-order valence-corrected chi connectivity index (χ1v) is 9.77. The Morgan fingerprint density at radius 1 is 0.906 bits per heavy atom. The third-order valence-electron chi connectivity index (χ3n) is 4.34. The van der Waals surface area contributed by atoms with Crippen LogP contribution in [0, 0.1) is 0 Å². The van der Waals surface area contributed by atoms with E-state index in [1.165, 1.54) is 19.3 Å². The summed E-state index contributed by atoms with van der Waals surface area (Å²) in [5, 5.41) is 6.55. The first-order valence-electron chi connectivity index (χ1n) is 9.77. The van der Waals surface area contributed by atoms with Crippen LogP contribution in [0.4, 0.5) is 17.3 Å². The minimum Gasteiger partial charge on any atom is -0.457 e. The summed E-state index contributed by atoms with van der Waals surface area (Å²) in [5.74, 6) is 1.68. The predicted molar refractivity (Wildman–Crippen MR) is 122 cm³/mol. The number of amides is 1. The summed E-state index contributed by atoms with van der Waals surface area (Å²) in [5.41, 5.74) is 1.42. The molecule has 0 aliphatic rings. The lowest BCUT2D eigenvalue weighted by atomic mass is 10.2. The third-order valence-corrected chi connectivity index (χ3v) is 4.34. The van der Waals surface area contributed by atoms with Gasteiger partial charge in [-0.2, -0.15) is 0 Å². The number of allylic oxidation sites excluding steroid dienone is 1. The van der Waals surface area contributed by atoms with Gasteiger partial charge in [-0.3, -0.25) is 9.59 Å². The highest BCUT2D eigenvalue weighted by Gasteiger charge is 2.08. The van der Waals surface area contributed by atoms with Crippen LogP contribution >= 0.6 is 0 Å². The number of ether oxygens (including phenoxy) is 1. The fraction of sp³-hybridized carbons (Fsp3) is 0.0417. The van der Waals surface area contributed by atoms with Crippen LogP contribution in [0.25, 0.3) is 10.9 Å². The number of para-hydroxylation sites is 1. The van der Waals surface area contributed by atoms with E-state index in [0.717, 1.165) is 17.5 Å². The van der Waals surface area contributed by atoms with Crippen molar-refractivity contribution in [3.63, 3.8) is 0 Å². The molecule has 2 N–H and O–H groups in total. The molecule has 2 heterocycles. The molecule has 0 saturated carbocycles. The maximum atomic E-state index is 11.9. The molecule has 0 unspecified atom stereocenters. The fourth-order valence-corrected chi connectivity index (χ4v) is 2.86. The number of ketones is 1. The van der Waals surface area contributed by atoms with Gasteiger partial charge in [0.1, 0.15) is 29.5 Å². The van der Waals surface area contributed by atoms with Crippen molar-refractivity contribution in [3.05, 3.63) is 85.3 Å². The maximum Gasteiger partial charge on any atom is 0.249 e. The molecular formula is C24H19N5O3. The number of anilines is 3. The number of hydrogen-bond acceptors (Lipinski definition) is 7. The zero-order valence-corrected chi connectivity index (χ0v) is 17.1. The second kappa shape index (κ2) is 9.48. The quantitative estimate of drug-likeness (QED) is 0.415. The lowest BCUT2D eigenvalue weighted by molar-refractivity contribution is -0.114. The highest BCUT2D eigenvalue weighted by Crippen LogP contribution is 2.27. The van der Waals surface area contributed by atoms with E-state index in [0.29, 0.717) is 28.3 Å². The summed E-state index contributed by atoms with van der Waals surface area (Å²) in [7, 11) is 0. The number of carbonyl (C=O) groups is 2. The molecule has 8 heteroatoms. The van der Waals surface area contributed by atoms with Crippen molar-refractivity contribution in [1.82, 2.24) is 15.0 Å². The number of rotatable bonds is 7. The molecule has 4 rings (SSSR count). The average Bonchev–Trinajstić information content (AvgIpc) is 2.80. The third kappa shape index (κ3) is 5.31. The van der Waals surface area contributed by atoms with Crippen LogP contribution in [-0.2, 0) is 9.59 Å². The molecule has 0 saturated heterocycles. The summed E-state index contributed by atoms with van der Waals surface area (Å²) >= 11 is 0. The Kier molecular flexibility index (Phi) is 6.12. The smallest absolute Gasteiger partial charge is 0.249 e. The number of nitrogens with one attached hydrogen (secondary N) is 2. The molecule has 2 aromatic carbocycles. The van der Waals surface area contributed by atoms with E-state index in [2.05, 4.69) is 25.6 Å². The number of benzene rings is 2. The fourth-order valence-electron chi connectivity index (χ4n) is 2.86. The summed E-state index contributed by atoms with van der Waals surface area (Å²) in [6.45, 7) is 1.37. The van der Waals surface area contributed by atoms with Gasteiger partial charge >= 0.3 is 0 Å². The molecule has 158 valence electrons. The van der Waals surface area contributed by atoms with Gasteiger partial charge in [-0.25, -0.2) is 15.0 Å². The topological polar surface area (TPSA) is 106 Å². The molecule has 0 atom stereocenters. The summed E-state index contributed by atoms with van der Waals surface area (Å²) in [6.07, 6.45) is 5.34. The first kappa shape index (κ1) is 20.7. The molecule has 1 amide bonds. The van der Waals surface area contributed by atoms with E-state index in [1.807, 2.05) is 54.6 Å². The van der Waals surface area contributed by atoms with Crippen molar-refractivity contribution in [3.8, 4) is 11.5 Å². The Morgan fingerprint density at radius 3 is 2.41 bits per heavy atom. The Bertz CT molecular complexity index is 1290. The molecule has 0 aliphatic carbocycles. The normalized spacial score (nSPS) is 10.8. The Morgan fingerprint density at radius 2 is 1.66 bits per heavy atom. The minimum atomic E-state index is -0.451. The van der Waals surface area contributed by atoms with Gasteiger partial charge in [0.05, 0.1) is 11.7 Å². The second-order valence-electron chi connectivity index (χ2n) is 6.81. The zero-order valence-electron chi connectivity index (χ0n) is 17.1. The number of pyridine rings is 1. The highest BCUT2D eigenvalue weighted by molar-refractivity contribution is 6.04. The van der Waals surface area contributed by atoms with Crippen molar-refractivity contribution >= 4 is 39.9 Å². The van der Waals surface area contributed by atoms with Gasteiger partial charge < -0.3 is 15.4 Å². The molecular weight excluding hydrogens is 406 g/mol. The van der Waals surface area contributed by atoms with Crippen LogP contribution in [0.1, 0.15) is 6.92 Å². The van der Waals surface area contributed by atoms with E-state index in [4.69, 9.17) is 4.74 Å². The van der Waals surface area contributed by atoms with Gasteiger partial charge in [0.2, 0.25) is 5.91 Å². The summed E-state index contributed by atoms with van der Waals surface area (Å²) in [4.78, 5) is 35.7. The minimum absolute atomic E-state index is 0.216. The zero-order chi connectivity index (χ0) is 22.3. The SMILES string of the molecule is CC(=O)C=CC(=O)Nc1cc2c(Nc3ccc(Oc4ccccc4)cc3)ncnc2cn1. The average molecular weight is 425 g/mol. The molecule has 8 nitrogen and oxygen atoms in total. The summed E-state index contributed by atoms with van der Waals surface area (Å²) < 4.78 is 5.81. The Balaban J connectivity index is 1.52. The van der Waals surface area contributed by atoms with E-state index >= 15 is 0 Å². The van der Waals surface area contributed by atoms with E-state index in [-0.39, 0.29) is 5.78 Å². The number of hydrogen-bond donors (Lipinski definition) is 2.